The number of fused-ring (bicyclic) bond motifs is 3. The molecule has 0 spiro atoms. The molecule has 0 amide bonds. The summed E-state index contributed by atoms with van der Waals surface area (Å²) >= 11 is 4.97. The molecular formula is C15H16O2S3. The van der Waals surface area contributed by atoms with Gasteiger partial charge in [-0.05, 0) is 25.0 Å². The Morgan fingerprint density at radius 2 is 1.80 bits per heavy atom. The lowest BCUT2D eigenvalue weighted by Gasteiger charge is -1.96. The summed E-state index contributed by atoms with van der Waals surface area (Å²) in [5, 5.41) is 9.07. The molecule has 0 fully saturated rings. The van der Waals surface area contributed by atoms with Crippen LogP contribution in [0.25, 0.3) is 18.8 Å². The minimum atomic E-state index is -0.817. The van der Waals surface area contributed by atoms with Gasteiger partial charge in [0, 0.05) is 14.3 Å². The van der Waals surface area contributed by atoms with Crippen molar-refractivity contribution in [1.82, 2.24) is 0 Å². The van der Waals surface area contributed by atoms with Crippen LogP contribution in [0.4, 0.5) is 0 Å². The molecule has 0 unspecified atom stereocenters. The van der Waals surface area contributed by atoms with Crippen molar-refractivity contribution in [2.75, 3.05) is 0 Å². The largest absolute Gasteiger partial charge is 0.477 e. The zero-order valence-corrected chi connectivity index (χ0v) is 13.7. The van der Waals surface area contributed by atoms with E-state index >= 15 is 0 Å². The van der Waals surface area contributed by atoms with Crippen LogP contribution in [0.3, 0.4) is 0 Å². The molecule has 0 atom stereocenters. The van der Waals surface area contributed by atoms with Crippen LogP contribution in [0.15, 0.2) is 12.1 Å². The molecule has 0 bridgehead atoms. The summed E-state index contributed by atoms with van der Waals surface area (Å²) in [6, 6.07) is 4.10. The van der Waals surface area contributed by atoms with E-state index in [1.54, 1.807) is 17.4 Å². The second-order valence-corrected chi connectivity index (χ2v) is 8.20. The van der Waals surface area contributed by atoms with Crippen LogP contribution >= 0.6 is 34.0 Å². The van der Waals surface area contributed by atoms with Gasteiger partial charge in [-0.25, -0.2) is 4.79 Å². The van der Waals surface area contributed by atoms with Gasteiger partial charge in [-0.3, -0.25) is 0 Å². The van der Waals surface area contributed by atoms with Crippen LogP contribution in [0.1, 0.15) is 47.2 Å². The highest BCUT2D eigenvalue weighted by Gasteiger charge is 2.15. The van der Waals surface area contributed by atoms with Crippen molar-refractivity contribution in [2.24, 2.45) is 0 Å². The van der Waals surface area contributed by atoms with Crippen molar-refractivity contribution in [2.45, 2.75) is 39.0 Å². The fraction of sp³-hybridized carbons (Fsp3) is 0.400. The molecule has 0 aliphatic heterocycles. The van der Waals surface area contributed by atoms with Crippen molar-refractivity contribution in [1.29, 1.82) is 0 Å². The van der Waals surface area contributed by atoms with Gasteiger partial charge < -0.3 is 5.11 Å². The highest BCUT2D eigenvalue weighted by molar-refractivity contribution is 7.38. The monoisotopic (exact) mass is 324 g/mol. The average Bonchev–Trinajstić information content (AvgIpc) is 3.04. The Labute approximate surface area is 129 Å². The highest BCUT2D eigenvalue weighted by Crippen LogP contribution is 2.43. The van der Waals surface area contributed by atoms with Gasteiger partial charge in [-0.2, -0.15) is 0 Å². The molecule has 0 radical (unpaired) electrons. The zero-order valence-electron chi connectivity index (χ0n) is 11.3. The van der Waals surface area contributed by atoms with Crippen molar-refractivity contribution >= 4 is 58.8 Å². The first-order valence-corrected chi connectivity index (χ1v) is 9.32. The molecule has 0 saturated heterocycles. The van der Waals surface area contributed by atoms with E-state index in [1.807, 2.05) is 11.3 Å². The molecule has 3 rings (SSSR count). The molecule has 1 N–H and O–H groups in total. The second-order valence-electron chi connectivity index (χ2n) is 4.93. The molecule has 5 heteroatoms. The molecule has 0 saturated carbocycles. The molecule has 3 heterocycles. The molecule has 3 aromatic heterocycles. The number of carbonyl (C=O) groups is 1. The van der Waals surface area contributed by atoms with E-state index < -0.39 is 5.97 Å². The number of hydrogen-bond donors (Lipinski definition) is 1. The first kappa shape index (κ1) is 14.0. The lowest BCUT2D eigenvalue weighted by Crippen LogP contribution is -1.89. The number of carboxylic acids is 1. The lowest BCUT2D eigenvalue weighted by molar-refractivity contribution is 0.0702. The number of aryl methyl sites for hydroxylation is 1. The van der Waals surface area contributed by atoms with Gasteiger partial charge in [-0.15, -0.1) is 34.0 Å². The maximum atomic E-state index is 11.0. The molecule has 0 aromatic carbocycles. The Kier molecular flexibility index (Phi) is 4.10. The molecule has 0 aliphatic carbocycles. The molecule has 20 heavy (non-hydrogen) atoms. The molecular weight excluding hydrogens is 308 g/mol. The summed E-state index contributed by atoms with van der Waals surface area (Å²) < 4.78 is 4.88. The second kappa shape index (κ2) is 5.84. The van der Waals surface area contributed by atoms with Crippen molar-refractivity contribution < 1.29 is 9.90 Å². The molecule has 2 nitrogen and oxygen atoms in total. The van der Waals surface area contributed by atoms with Gasteiger partial charge in [0.05, 0.1) is 9.40 Å². The summed E-state index contributed by atoms with van der Waals surface area (Å²) in [5.74, 6) is -0.817. The van der Waals surface area contributed by atoms with Gasteiger partial charge >= 0.3 is 5.97 Å². The van der Waals surface area contributed by atoms with Crippen LogP contribution in [0, 0.1) is 0 Å². The summed E-state index contributed by atoms with van der Waals surface area (Å²) in [6.07, 6.45) is 6.31. The summed E-state index contributed by atoms with van der Waals surface area (Å²) in [7, 11) is 0. The van der Waals surface area contributed by atoms with Crippen LogP contribution in [-0.2, 0) is 6.42 Å². The number of aromatic carboxylic acids is 1. The smallest absolute Gasteiger partial charge is 0.345 e. The topological polar surface area (TPSA) is 37.3 Å². The van der Waals surface area contributed by atoms with Crippen LogP contribution < -0.4 is 0 Å². The summed E-state index contributed by atoms with van der Waals surface area (Å²) in [4.78, 5) is 12.9. The number of carboxylic acid groups (broad SMARTS) is 1. The fourth-order valence-electron chi connectivity index (χ4n) is 2.34. The first-order chi connectivity index (χ1) is 9.69. The van der Waals surface area contributed by atoms with Gasteiger partial charge in [0.25, 0.3) is 0 Å². The maximum Gasteiger partial charge on any atom is 0.345 e. The van der Waals surface area contributed by atoms with E-state index in [9.17, 15) is 4.79 Å². The summed E-state index contributed by atoms with van der Waals surface area (Å²) in [5.41, 5.74) is 0. The third-order valence-corrected chi connectivity index (χ3v) is 7.18. The Morgan fingerprint density at radius 1 is 1.05 bits per heavy atom. The third-order valence-electron chi connectivity index (χ3n) is 3.36. The van der Waals surface area contributed by atoms with Crippen molar-refractivity contribution in [3.8, 4) is 0 Å². The number of thiophene rings is 3. The minimum absolute atomic E-state index is 0.450. The molecule has 106 valence electrons. The number of rotatable bonds is 6. The Balaban J connectivity index is 1.85. The fourth-order valence-corrected chi connectivity index (χ4v) is 6.26. The van der Waals surface area contributed by atoms with E-state index in [1.165, 1.54) is 51.3 Å². The predicted octanol–water partition coefficient (Wildman–Crippen LogP) is 6.00. The predicted molar refractivity (Wildman–Crippen MR) is 89.9 cm³/mol. The van der Waals surface area contributed by atoms with Gasteiger partial charge in [0.1, 0.15) is 4.88 Å². The molecule has 3 aromatic rings. The molecule has 0 aliphatic rings. The van der Waals surface area contributed by atoms with E-state index in [0.717, 1.165) is 15.8 Å². The quantitative estimate of drug-likeness (QED) is 0.565. The van der Waals surface area contributed by atoms with E-state index in [4.69, 9.17) is 5.11 Å². The van der Waals surface area contributed by atoms with E-state index in [-0.39, 0.29) is 0 Å². The SMILES string of the molecule is CCCCCCc1cc2sc3cc(C(=O)O)sc3c2s1. The van der Waals surface area contributed by atoms with Crippen molar-refractivity contribution in [3.05, 3.63) is 21.9 Å². The maximum absolute atomic E-state index is 11.0. The normalized spacial score (nSPS) is 11.7. The van der Waals surface area contributed by atoms with Crippen molar-refractivity contribution in [3.63, 3.8) is 0 Å². The minimum Gasteiger partial charge on any atom is -0.477 e. The van der Waals surface area contributed by atoms with Crippen LogP contribution in [-0.4, -0.2) is 11.1 Å². The standard InChI is InChI=1S/C15H16O2S3/c1-2-3-4-5-6-9-7-10-13(18-9)14-11(19-10)8-12(20-14)15(16)17/h7-8H,2-6H2,1H3,(H,16,17). The van der Waals surface area contributed by atoms with Gasteiger partial charge in [0.2, 0.25) is 0 Å². The average molecular weight is 324 g/mol. The lowest BCUT2D eigenvalue weighted by atomic mass is 10.1. The third kappa shape index (κ3) is 2.62. The Hall–Kier alpha value is -0.910. The number of hydrogen-bond acceptors (Lipinski definition) is 4. The van der Waals surface area contributed by atoms with E-state index in [0.29, 0.717) is 4.88 Å². The number of unbranched alkanes of at least 4 members (excludes halogenated alkanes) is 3. The van der Waals surface area contributed by atoms with Gasteiger partial charge in [-0.1, -0.05) is 26.2 Å². The zero-order chi connectivity index (χ0) is 14.1. The van der Waals surface area contributed by atoms with Crippen LogP contribution in [0.5, 0.6) is 0 Å². The first-order valence-electron chi connectivity index (χ1n) is 6.87. The van der Waals surface area contributed by atoms with E-state index in [2.05, 4.69) is 13.0 Å². The van der Waals surface area contributed by atoms with Crippen LogP contribution in [0.2, 0.25) is 0 Å². The highest BCUT2D eigenvalue weighted by atomic mass is 32.1. The summed E-state index contributed by atoms with van der Waals surface area (Å²) in [6.45, 7) is 2.23. The Morgan fingerprint density at radius 3 is 2.55 bits per heavy atom. The Bertz CT molecular complexity index is 748. The van der Waals surface area contributed by atoms with Gasteiger partial charge in [0.15, 0.2) is 0 Å².